The summed E-state index contributed by atoms with van der Waals surface area (Å²) in [5.74, 6) is 0.387. The number of fused-ring (bicyclic) bond motifs is 1. The van der Waals surface area contributed by atoms with E-state index in [1.807, 2.05) is 66.9 Å². The molecule has 4 rings (SSSR count). The number of amides is 1. The molecule has 1 amide bonds. The summed E-state index contributed by atoms with van der Waals surface area (Å²) in [7, 11) is 0. The standard InChI is InChI=1S/C23H20N6O/c1-16-6-5-7-18(14-16)15-24-28-23(30)19-9-11-20(12-10-19)26-27-22-17(2)25-21-8-3-4-13-29(21)22/h3-15H,1-2H3,(H,28,30)/b24-15+,27-26?. The second kappa shape index (κ2) is 8.48. The van der Waals surface area contributed by atoms with Crippen molar-refractivity contribution in [1.82, 2.24) is 14.8 Å². The normalized spacial score (nSPS) is 11.5. The average molecular weight is 396 g/mol. The number of carbonyl (C=O) groups excluding carboxylic acids is 1. The quantitative estimate of drug-likeness (QED) is 0.288. The molecule has 7 heteroatoms. The highest BCUT2D eigenvalue weighted by Gasteiger charge is 2.07. The van der Waals surface area contributed by atoms with Crippen LogP contribution in [0.25, 0.3) is 5.65 Å². The Labute approximate surface area is 173 Å². The minimum atomic E-state index is -0.292. The molecule has 0 saturated heterocycles. The van der Waals surface area contributed by atoms with Gasteiger partial charge in [0, 0.05) is 11.8 Å². The number of azo groups is 1. The van der Waals surface area contributed by atoms with Crippen LogP contribution >= 0.6 is 0 Å². The Morgan fingerprint density at radius 1 is 1.00 bits per heavy atom. The van der Waals surface area contributed by atoms with Crippen LogP contribution in [0.1, 0.15) is 27.2 Å². The van der Waals surface area contributed by atoms with E-state index in [0.29, 0.717) is 17.1 Å². The van der Waals surface area contributed by atoms with Gasteiger partial charge in [0.15, 0.2) is 5.82 Å². The fourth-order valence-electron chi connectivity index (χ4n) is 2.99. The summed E-state index contributed by atoms with van der Waals surface area (Å²) >= 11 is 0. The molecule has 0 aliphatic carbocycles. The molecule has 0 saturated carbocycles. The van der Waals surface area contributed by atoms with Crippen LogP contribution in [0.3, 0.4) is 0 Å². The molecule has 0 aliphatic rings. The number of carbonyl (C=O) groups is 1. The second-order valence-electron chi connectivity index (χ2n) is 6.81. The van der Waals surface area contributed by atoms with Crippen molar-refractivity contribution in [2.24, 2.45) is 15.3 Å². The van der Waals surface area contributed by atoms with Gasteiger partial charge in [-0.2, -0.15) is 5.10 Å². The van der Waals surface area contributed by atoms with Crippen molar-refractivity contribution in [3.63, 3.8) is 0 Å². The van der Waals surface area contributed by atoms with Gasteiger partial charge in [0.25, 0.3) is 5.91 Å². The lowest BCUT2D eigenvalue weighted by molar-refractivity contribution is 0.0955. The molecule has 2 aromatic heterocycles. The number of aromatic nitrogens is 2. The van der Waals surface area contributed by atoms with Crippen molar-refractivity contribution in [1.29, 1.82) is 0 Å². The monoisotopic (exact) mass is 396 g/mol. The highest BCUT2D eigenvalue weighted by atomic mass is 16.2. The molecule has 2 aromatic carbocycles. The third-order valence-electron chi connectivity index (χ3n) is 4.48. The van der Waals surface area contributed by atoms with E-state index in [1.165, 1.54) is 0 Å². The third kappa shape index (κ3) is 4.30. The Balaban J connectivity index is 1.43. The molecule has 4 aromatic rings. The number of hydrazone groups is 1. The number of benzene rings is 2. The third-order valence-corrected chi connectivity index (χ3v) is 4.48. The van der Waals surface area contributed by atoms with Crippen LogP contribution < -0.4 is 5.43 Å². The summed E-state index contributed by atoms with van der Waals surface area (Å²) in [6, 6.07) is 20.5. The molecule has 30 heavy (non-hydrogen) atoms. The van der Waals surface area contributed by atoms with Gasteiger partial charge in [-0.3, -0.25) is 9.20 Å². The van der Waals surface area contributed by atoms with E-state index >= 15 is 0 Å². The van der Waals surface area contributed by atoms with Gasteiger partial charge in [0.1, 0.15) is 5.65 Å². The number of pyridine rings is 1. The number of aryl methyl sites for hydroxylation is 2. The first-order valence-corrected chi connectivity index (χ1v) is 9.46. The molecule has 0 radical (unpaired) electrons. The summed E-state index contributed by atoms with van der Waals surface area (Å²) in [5, 5.41) is 12.6. The van der Waals surface area contributed by atoms with Crippen molar-refractivity contribution < 1.29 is 4.79 Å². The zero-order valence-electron chi connectivity index (χ0n) is 16.6. The van der Waals surface area contributed by atoms with Gasteiger partial charge in [0.2, 0.25) is 0 Å². The van der Waals surface area contributed by atoms with Gasteiger partial charge >= 0.3 is 0 Å². The van der Waals surface area contributed by atoms with Crippen LogP contribution in [0.5, 0.6) is 0 Å². The van der Waals surface area contributed by atoms with Crippen molar-refractivity contribution in [2.45, 2.75) is 13.8 Å². The Bertz CT molecular complexity index is 1250. The van der Waals surface area contributed by atoms with E-state index in [4.69, 9.17) is 0 Å². The van der Waals surface area contributed by atoms with E-state index in [2.05, 4.69) is 25.7 Å². The molecule has 148 valence electrons. The van der Waals surface area contributed by atoms with Crippen molar-refractivity contribution in [3.8, 4) is 0 Å². The second-order valence-corrected chi connectivity index (χ2v) is 6.81. The molecule has 0 fully saturated rings. The molecule has 0 unspecified atom stereocenters. The molecular formula is C23H20N6O. The maximum Gasteiger partial charge on any atom is 0.271 e. The Morgan fingerprint density at radius 3 is 2.63 bits per heavy atom. The molecule has 1 N–H and O–H groups in total. The minimum absolute atomic E-state index is 0.292. The Hall–Kier alpha value is -4.13. The summed E-state index contributed by atoms with van der Waals surface area (Å²) in [6.45, 7) is 3.90. The van der Waals surface area contributed by atoms with Crippen LogP contribution in [0.15, 0.2) is 88.3 Å². The predicted octanol–water partition coefficient (Wildman–Crippen LogP) is 5.13. The number of hydrogen-bond donors (Lipinski definition) is 1. The van der Waals surface area contributed by atoms with Gasteiger partial charge in [-0.1, -0.05) is 35.9 Å². The Morgan fingerprint density at radius 2 is 1.83 bits per heavy atom. The number of hydrogen-bond acceptors (Lipinski definition) is 5. The molecule has 2 heterocycles. The molecule has 0 bridgehead atoms. The highest BCUT2D eigenvalue weighted by molar-refractivity contribution is 5.95. The molecular weight excluding hydrogens is 376 g/mol. The minimum Gasteiger partial charge on any atom is -0.283 e. The zero-order chi connectivity index (χ0) is 20.9. The maximum absolute atomic E-state index is 12.3. The molecule has 7 nitrogen and oxygen atoms in total. The van der Waals surface area contributed by atoms with Crippen LogP contribution in [-0.4, -0.2) is 21.5 Å². The van der Waals surface area contributed by atoms with Gasteiger partial charge < -0.3 is 0 Å². The molecule has 0 spiro atoms. The van der Waals surface area contributed by atoms with E-state index in [-0.39, 0.29) is 5.91 Å². The number of nitrogens with one attached hydrogen (secondary N) is 1. The summed E-state index contributed by atoms with van der Waals surface area (Å²) in [4.78, 5) is 16.7. The lowest BCUT2D eigenvalue weighted by Gasteiger charge is -2.01. The fourth-order valence-corrected chi connectivity index (χ4v) is 2.99. The first-order chi connectivity index (χ1) is 14.6. The van der Waals surface area contributed by atoms with E-state index in [1.54, 1.807) is 30.5 Å². The SMILES string of the molecule is Cc1cccc(/C=N/NC(=O)c2ccc(N=Nc3c(C)nc4ccccn34)cc2)c1. The zero-order valence-corrected chi connectivity index (χ0v) is 16.6. The van der Waals surface area contributed by atoms with Gasteiger partial charge in [-0.05, 0) is 55.8 Å². The van der Waals surface area contributed by atoms with Crippen LogP contribution in [0, 0.1) is 13.8 Å². The average Bonchev–Trinajstić information content (AvgIpc) is 3.07. The van der Waals surface area contributed by atoms with Gasteiger partial charge in [-0.25, -0.2) is 10.4 Å². The fraction of sp³-hybridized carbons (Fsp3) is 0.0870. The summed E-state index contributed by atoms with van der Waals surface area (Å²) in [5.41, 5.74) is 7.34. The highest BCUT2D eigenvalue weighted by Crippen LogP contribution is 2.23. The topological polar surface area (TPSA) is 83.5 Å². The van der Waals surface area contributed by atoms with Crippen molar-refractivity contribution >= 4 is 29.3 Å². The van der Waals surface area contributed by atoms with Gasteiger partial charge in [0.05, 0.1) is 17.6 Å². The lowest BCUT2D eigenvalue weighted by Crippen LogP contribution is -2.17. The summed E-state index contributed by atoms with van der Waals surface area (Å²) in [6.07, 6.45) is 3.51. The van der Waals surface area contributed by atoms with E-state index < -0.39 is 0 Å². The first kappa shape index (κ1) is 19.2. The van der Waals surface area contributed by atoms with Gasteiger partial charge in [-0.15, -0.1) is 10.2 Å². The maximum atomic E-state index is 12.3. The summed E-state index contributed by atoms with van der Waals surface area (Å²) < 4.78 is 1.88. The first-order valence-electron chi connectivity index (χ1n) is 9.46. The smallest absolute Gasteiger partial charge is 0.271 e. The molecule has 0 aliphatic heterocycles. The molecule has 0 atom stereocenters. The van der Waals surface area contributed by atoms with Crippen LogP contribution in [-0.2, 0) is 0 Å². The predicted molar refractivity (Wildman–Crippen MR) is 117 cm³/mol. The van der Waals surface area contributed by atoms with Crippen molar-refractivity contribution in [3.05, 3.63) is 95.3 Å². The Kier molecular flexibility index (Phi) is 5.43. The number of rotatable bonds is 5. The largest absolute Gasteiger partial charge is 0.283 e. The van der Waals surface area contributed by atoms with Crippen molar-refractivity contribution in [2.75, 3.05) is 0 Å². The van der Waals surface area contributed by atoms with Crippen LogP contribution in [0.4, 0.5) is 11.5 Å². The van der Waals surface area contributed by atoms with E-state index in [9.17, 15) is 4.79 Å². The number of nitrogens with zero attached hydrogens (tertiary/aromatic N) is 5. The van der Waals surface area contributed by atoms with Crippen LogP contribution in [0.2, 0.25) is 0 Å². The lowest BCUT2D eigenvalue weighted by atomic mass is 10.2. The van der Waals surface area contributed by atoms with E-state index in [0.717, 1.165) is 22.5 Å². The number of imidazole rings is 1.